The molecule has 0 bridgehead atoms. The molecule has 3 rings (SSSR count). The maximum absolute atomic E-state index is 13.8. The number of hydrogen-bond donors (Lipinski definition) is 2. The monoisotopic (exact) mass is 344 g/mol. The highest BCUT2D eigenvalue weighted by Crippen LogP contribution is 2.23. The van der Waals surface area contributed by atoms with Crippen LogP contribution < -0.4 is 5.32 Å². The number of carbonyl (C=O) groups is 2. The van der Waals surface area contributed by atoms with E-state index in [1.165, 1.54) is 36.8 Å². The Morgan fingerprint density at radius 2 is 2.04 bits per heavy atom. The van der Waals surface area contributed by atoms with Crippen LogP contribution in [0.5, 0.6) is 0 Å². The molecule has 6 nitrogen and oxygen atoms in total. The van der Waals surface area contributed by atoms with Crippen LogP contribution >= 0.6 is 11.6 Å². The van der Waals surface area contributed by atoms with Gasteiger partial charge in [0.05, 0.1) is 28.7 Å². The van der Waals surface area contributed by atoms with Gasteiger partial charge in [0.2, 0.25) is 0 Å². The van der Waals surface area contributed by atoms with E-state index >= 15 is 0 Å². The quantitative estimate of drug-likeness (QED) is 0.712. The van der Waals surface area contributed by atoms with Crippen LogP contribution in [0.3, 0.4) is 0 Å². The molecule has 0 aliphatic rings. The van der Waals surface area contributed by atoms with E-state index in [2.05, 4.69) is 20.5 Å². The van der Waals surface area contributed by atoms with Crippen molar-refractivity contribution >= 4 is 29.0 Å². The fraction of sp³-hybridized carbons (Fsp3) is 0. The van der Waals surface area contributed by atoms with Crippen LogP contribution in [0.15, 0.2) is 48.9 Å². The summed E-state index contributed by atoms with van der Waals surface area (Å²) in [5, 5.41) is 9.84. The van der Waals surface area contributed by atoms with E-state index in [4.69, 9.17) is 11.6 Å². The summed E-state index contributed by atoms with van der Waals surface area (Å²) < 4.78 is 13.8. The second-order valence-corrected chi connectivity index (χ2v) is 5.22. The number of nitrogens with zero attached hydrogens (tertiary/aromatic N) is 2. The molecule has 0 unspecified atom stereocenters. The van der Waals surface area contributed by atoms with E-state index in [0.29, 0.717) is 5.69 Å². The fourth-order valence-corrected chi connectivity index (χ4v) is 2.33. The zero-order chi connectivity index (χ0) is 17.1. The highest BCUT2D eigenvalue weighted by molar-refractivity contribution is 6.35. The predicted molar refractivity (Wildman–Crippen MR) is 85.6 cm³/mol. The van der Waals surface area contributed by atoms with Gasteiger partial charge >= 0.3 is 0 Å². The third kappa shape index (κ3) is 3.16. The number of hydrogen-bond acceptors (Lipinski definition) is 4. The average Bonchev–Trinajstić information content (AvgIpc) is 3.05. The molecule has 0 aliphatic heterocycles. The Hall–Kier alpha value is -3.06. The van der Waals surface area contributed by atoms with Crippen LogP contribution in [0.2, 0.25) is 5.02 Å². The molecule has 1 aromatic carbocycles. The lowest BCUT2D eigenvalue weighted by molar-refractivity contribution is 0.102. The Labute approximate surface area is 140 Å². The Balaban J connectivity index is 1.83. The zero-order valence-corrected chi connectivity index (χ0v) is 12.8. The van der Waals surface area contributed by atoms with Crippen molar-refractivity contribution in [2.24, 2.45) is 0 Å². The number of rotatable bonds is 4. The summed E-state index contributed by atoms with van der Waals surface area (Å²) in [6.45, 7) is 0. The maximum atomic E-state index is 13.8. The van der Waals surface area contributed by atoms with Gasteiger partial charge in [0, 0.05) is 11.8 Å². The standard InChI is InChI=1S/C16H10ClFN4O2/c17-11-2-1-3-12(18)14(11)15(23)9-6-13(19-7-9)16(24)22-10-4-5-20-21-8-10/h1-8,19H,(H,20,22,24). The van der Waals surface area contributed by atoms with E-state index in [1.54, 1.807) is 6.07 Å². The summed E-state index contributed by atoms with van der Waals surface area (Å²) in [6.07, 6.45) is 4.14. The normalized spacial score (nSPS) is 10.4. The molecular formula is C16H10ClFN4O2. The third-order valence-electron chi connectivity index (χ3n) is 3.22. The average molecular weight is 345 g/mol. The molecule has 0 atom stereocenters. The first-order valence-corrected chi connectivity index (χ1v) is 7.19. The van der Waals surface area contributed by atoms with Crippen LogP contribution in [0.25, 0.3) is 0 Å². The number of aromatic amines is 1. The molecular weight excluding hydrogens is 335 g/mol. The molecule has 8 heteroatoms. The van der Waals surface area contributed by atoms with Gasteiger partial charge in [-0.15, -0.1) is 0 Å². The Morgan fingerprint density at radius 3 is 2.75 bits per heavy atom. The summed E-state index contributed by atoms with van der Waals surface area (Å²) in [6, 6.07) is 6.88. The molecule has 0 saturated carbocycles. The first-order chi connectivity index (χ1) is 11.6. The minimum atomic E-state index is -0.720. The molecule has 2 heterocycles. The van der Waals surface area contributed by atoms with Gasteiger partial charge in [0.15, 0.2) is 5.78 Å². The maximum Gasteiger partial charge on any atom is 0.272 e. The lowest BCUT2D eigenvalue weighted by Gasteiger charge is -2.03. The molecule has 3 aromatic rings. The van der Waals surface area contributed by atoms with Gasteiger partial charge in [-0.3, -0.25) is 9.59 Å². The lowest BCUT2D eigenvalue weighted by Crippen LogP contribution is -2.12. The zero-order valence-electron chi connectivity index (χ0n) is 12.1. The number of benzene rings is 1. The van der Waals surface area contributed by atoms with Crippen molar-refractivity contribution in [2.75, 3.05) is 5.32 Å². The highest BCUT2D eigenvalue weighted by Gasteiger charge is 2.20. The first-order valence-electron chi connectivity index (χ1n) is 6.81. The molecule has 2 aromatic heterocycles. The van der Waals surface area contributed by atoms with E-state index < -0.39 is 17.5 Å². The topological polar surface area (TPSA) is 87.7 Å². The van der Waals surface area contributed by atoms with Crippen molar-refractivity contribution in [1.82, 2.24) is 15.2 Å². The predicted octanol–water partition coefficient (Wildman–Crippen LogP) is 3.08. The smallest absolute Gasteiger partial charge is 0.272 e. The van der Waals surface area contributed by atoms with E-state index in [9.17, 15) is 14.0 Å². The van der Waals surface area contributed by atoms with Gasteiger partial charge in [-0.25, -0.2) is 4.39 Å². The molecule has 0 spiro atoms. The Bertz CT molecular complexity index is 891. The Kier molecular flexibility index (Phi) is 4.35. The minimum absolute atomic E-state index is 0.00932. The lowest BCUT2D eigenvalue weighted by atomic mass is 10.1. The second-order valence-electron chi connectivity index (χ2n) is 4.81. The number of amides is 1. The summed E-state index contributed by atoms with van der Waals surface area (Å²) in [4.78, 5) is 27.2. The van der Waals surface area contributed by atoms with Crippen molar-refractivity contribution in [3.05, 3.63) is 76.6 Å². The van der Waals surface area contributed by atoms with Crippen LogP contribution in [-0.4, -0.2) is 26.9 Å². The number of aromatic nitrogens is 3. The van der Waals surface area contributed by atoms with Gasteiger partial charge < -0.3 is 10.3 Å². The molecule has 0 radical (unpaired) electrons. The van der Waals surface area contributed by atoms with Crippen LogP contribution in [-0.2, 0) is 0 Å². The van der Waals surface area contributed by atoms with Gasteiger partial charge in [0.25, 0.3) is 5.91 Å². The van der Waals surface area contributed by atoms with E-state index in [0.717, 1.165) is 6.07 Å². The third-order valence-corrected chi connectivity index (χ3v) is 3.54. The minimum Gasteiger partial charge on any atom is -0.356 e. The van der Waals surface area contributed by atoms with Crippen LogP contribution in [0.1, 0.15) is 26.4 Å². The molecule has 24 heavy (non-hydrogen) atoms. The van der Waals surface area contributed by atoms with E-state index in [-0.39, 0.29) is 21.8 Å². The number of anilines is 1. The summed E-state index contributed by atoms with van der Waals surface area (Å²) in [5.41, 5.74) is 0.487. The molecule has 0 aliphatic carbocycles. The Morgan fingerprint density at radius 1 is 1.21 bits per heavy atom. The number of H-pyrrole nitrogens is 1. The van der Waals surface area contributed by atoms with Gasteiger partial charge in [0.1, 0.15) is 11.5 Å². The first kappa shape index (κ1) is 15.8. The molecule has 0 fully saturated rings. The van der Waals surface area contributed by atoms with Gasteiger partial charge in [-0.05, 0) is 24.3 Å². The second kappa shape index (κ2) is 6.59. The highest BCUT2D eigenvalue weighted by atomic mass is 35.5. The van der Waals surface area contributed by atoms with Crippen molar-refractivity contribution in [1.29, 1.82) is 0 Å². The number of ketones is 1. The van der Waals surface area contributed by atoms with Gasteiger partial charge in [-0.2, -0.15) is 10.2 Å². The SMILES string of the molecule is O=C(Nc1ccnnc1)c1cc(C(=O)c2c(F)cccc2Cl)c[nH]1. The summed E-state index contributed by atoms with van der Waals surface area (Å²) in [7, 11) is 0. The van der Waals surface area contributed by atoms with Crippen LogP contribution in [0, 0.1) is 5.82 Å². The van der Waals surface area contributed by atoms with Crippen molar-refractivity contribution in [3.8, 4) is 0 Å². The van der Waals surface area contributed by atoms with Crippen molar-refractivity contribution in [3.63, 3.8) is 0 Å². The molecule has 120 valence electrons. The van der Waals surface area contributed by atoms with Gasteiger partial charge in [-0.1, -0.05) is 17.7 Å². The number of halogens is 2. The van der Waals surface area contributed by atoms with Crippen molar-refractivity contribution in [2.45, 2.75) is 0 Å². The van der Waals surface area contributed by atoms with E-state index in [1.807, 2.05) is 0 Å². The summed E-state index contributed by atoms with van der Waals surface area (Å²) in [5.74, 6) is -1.80. The fourth-order valence-electron chi connectivity index (χ4n) is 2.08. The van der Waals surface area contributed by atoms with Crippen molar-refractivity contribution < 1.29 is 14.0 Å². The molecule has 1 amide bonds. The molecule has 0 saturated heterocycles. The number of nitrogens with one attached hydrogen (secondary N) is 2. The van der Waals surface area contributed by atoms with Crippen LogP contribution in [0.4, 0.5) is 10.1 Å². The summed E-state index contributed by atoms with van der Waals surface area (Å²) >= 11 is 5.89. The number of carbonyl (C=O) groups excluding carboxylic acids is 2. The molecule has 2 N–H and O–H groups in total. The largest absolute Gasteiger partial charge is 0.356 e.